The lowest BCUT2D eigenvalue weighted by molar-refractivity contribution is 0.607. The average molecular weight is 149 g/mol. The van der Waals surface area contributed by atoms with Crippen LogP contribution in [0.25, 0.3) is 0 Å². The Labute approximate surface area is 68.9 Å². The van der Waals surface area contributed by atoms with E-state index in [1.165, 1.54) is 12.8 Å². The molecule has 0 radical (unpaired) electrons. The van der Waals surface area contributed by atoms with Gasteiger partial charge in [0, 0.05) is 6.42 Å². The van der Waals surface area contributed by atoms with Crippen molar-refractivity contribution in [2.45, 2.75) is 25.7 Å². The van der Waals surface area contributed by atoms with E-state index in [0.29, 0.717) is 0 Å². The molecular formula is C10H15N. The van der Waals surface area contributed by atoms with Gasteiger partial charge in [0.15, 0.2) is 0 Å². The van der Waals surface area contributed by atoms with Crippen molar-refractivity contribution in [2.75, 3.05) is 13.1 Å². The number of allylic oxidation sites excluding steroid dienone is 1. The molecule has 1 saturated heterocycles. The van der Waals surface area contributed by atoms with Crippen molar-refractivity contribution in [1.82, 2.24) is 5.32 Å². The van der Waals surface area contributed by atoms with Gasteiger partial charge in [0.1, 0.15) is 0 Å². The number of piperidine rings is 1. The van der Waals surface area contributed by atoms with Crippen LogP contribution in [-0.2, 0) is 0 Å². The summed E-state index contributed by atoms with van der Waals surface area (Å²) < 4.78 is 0. The Morgan fingerprint density at radius 1 is 1.45 bits per heavy atom. The zero-order valence-electron chi connectivity index (χ0n) is 6.90. The zero-order valence-corrected chi connectivity index (χ0v) is 6.90. The minimum atomic E-state index is 0.886. The van der Waals surface area contributed by atoms with E-state index >= 15 is 0 Å². The first kappa shape index (κ1) is 8.36. The summed E-state index contributed by atoms with van der Waals surface area (Å²) in [6, 6.07) is 0. The molecule has 1 nitrogen and oxygen atoms in total. The molecule has 0 amide bonds. The molecule has 60 valence electrons. The van der Waals surface area contributed by atoms with E-state index in [4.69, 9.17) is 6.42 Å². The molecule has 0 aliphatic carbocycles. The molecule has 1 fully saturated rings. The predicted molar refractivity (Wildman–Crippen MR) is 48.3 cm³/mol. The first-order valence-electron chi connectivity index (χ1n) is 4.25. The van der Waals surface area contributed by atoms with E-state index in [2.05, 4.69) is 17.3 Å². The molecule has 11 heavy (non-hydrogen) atoms. The molecule has 0 spiro atoms. The third-order valence-electron chi connectivity index (χ3n) is 1.97. The highest BCUT2D eigenvalue weighted by atomic mass is 14.9. The lowest BCUT2D eigenvalue weighted by atomic mass is 10.0. The maximum atomic E-state index is 5.15. The number of unbranched alkanes of at least 4 members (excludes halogenated alkanes) is 1. The van der Waals surface area contributed by atoms with Crippen LogP contribution >= 0.6 is 0 Å². The highest BCUT2D eigenvalue weighted by Crippen LogP contribution is 2.10. The summed E-state index contributed by atoms with van der Waals surface area (Å²) >= 11 is 0. The smallest absolute Gasteiger partial charge is 0.0121 e. The monoisotopic (exact) mass is 149 g/mol. The van der Waals surface area contributed by atoms with Crippen LogP contribution in [-0.4, -0.2) is 13.1 Å². The minimum absolute atomic E-state index is 0.886. The second-order valence-corrected chi connectivity index (χ2v) is 2.86. The van der Waals surface area contributed by atoms with Gasteiger partial charge in [0.2, 0.25) is 0 Å². The molecule has 0 bridgehead atoms. The fourth-order valence-corrected chi connectivity index (χ4v) is 1.31. The molecular weight excluding hydrogens is 134 g/mol. The van der Waals surface area contributed by atoms with E-state index in [1.54, 1.807) is 5.57 Å². The van der Waals surface area contributed by atoms with Gasteiger partial charge in [-0.15, -0.1) is 12.3 Å². The third kappa shape index (κ3) is 3.25. The Morgan fingerprint density at radius 3 is 2.82 bits per heavy atom. The van der Waals surface area contributed by atoms with Gasteiger partial charge in [-0.1, -0.05) is 11.6 Å². The number of hydrogen-bond donors (Lipinski definition) is 1. The van der Waals surface area contributed by atoms with Crippen molar-refractivity contribution < 1.29 is 0 Å². The van der Waals surface area contributed by atoms with Gasteiger partial charge in [0.25, 0.3) is 0 Å². The zero-order chi connectivity index (χ0) is 7.94. The quantitative estimate of drug-likeness (QED) is 0.358. The van der Waals surface area contributed by atoms with Crippen LogP contribution in [0.2, 0.25) is 0 Å². The summed E-state index contributed by atoms with van der Waals surface area (Å²) in [6.07, 6.45) is 11.8. The van der Waals surface area contributed by atoms with Gasteiger partial charge < -0.3 is 5.32 Å². The summed E-state index contributed by atoms with van der Waals surface area (Å²) in [7, 11) is 0. The van der Waals surface area contributed by atoms with E-state index in [9.17, 15) is 0 Å². The Hall–Kier alpha value is -0.740. The van der Waals surface area contributed by atoms with E-state index in [0.717, 1.165) is 25.9 Å². The lowest BCUT2D eigenvalue weighted by Gasteiger charge is -2.14. The van der Waals surface area contributed by atoms with Gasteiger partial charge in [0.05, 0.1) is 0 Å². The largest absolute Gasteiger partial charge is 0.316 e. The van der Waals surface area contributed by atoms with Gasteiger partial charge in [-0.2, -0.15) is 0 Å². The van der Waals surface area contributed by atoms with Crippen LogP contribution < -0.4 is 5.32 Å². The maximum Gasteiger partial charge on any atom is 0.0121 e. The average Bonchev–Trinajstić information content (AvgIpc) is 2.07. The van der Waals surface area contributed by atoms with Crippen molar-refractivity contribution in [3.63, 3.8) is 0 Å². The molecule has 1 heterocycles. The third-order valence-corrected chi connectivity index (χ3v) is 1.97. The SMILES string of the molecule is C#CCCC=C1CCNCC1. The molecule has 1 rings (SSSR count). The van der Waals surface area contributed by atoms with Gasteiger partial charge in [-0.25, -0.2) is 0 Å². The summed E-state index contributed by atoms with van der Waals surface area (Å²) in [6.45, 7) is 2.28. The molecule has 0 unspecified atom stereocenters. The Kier molecular flexibility index (Phi) is 3.79. The highest BCUT2D eigenvalue weighted by molar-refractivity contribution is 5.06. The van der Waals surface area contributed by atoms with Crippen LogP contribution in [0.4, 0.5) is 0 Å². The standard InChI is InChI=1S/C10H15N/c1-2-3-4-5-10-6-8-11-9-7-10/h1,5,11H,3-4,6-9H2. The second-order valence-electron chi connectivity index (χ2n) is 2.86. The molecule has 1 heteroatoms. The molecule has 1 N–H and O–H groups in total. The van der Waals surface area contributed by atoms with Crippen LogP contribution in [0.3, 0.4) is 0 Å². The van der Waals surface area contributed by atoms with Gasteiger partial charge in [-0.3, -0.25) is 0 Å². The number of nitrogens with one attached hydrogen (secondary N) is 1. The number of rotatable bonds is 2. The fraction of sp³-hybridized carbons (Fsp3) is 0.600. The summed E-state index contributed by atoms with van der Waals surface area (Å²) in [5, 5.41) is 3.32. The number of terminal acetylenes is 1. The van der Waals surface area contributed by atoms with E-state index < -0.39 is 0 Å². The summed E-state index contributed by atoms with van der Waals surface area (Å²) in [5.41, 5.74) is 1.58. The first-order chi connectivity index (χ1) is 5.43. The van der Waals surface area contributed by atoms with Crippen molar-refractivity contribution in [2.24, 2.45) is 0 Å². The highest BCUT2D eigenvalue weighted by Gasteiger charge is 2.02. The molecule has 0 atom stereocenters. The predicted octanol–water partition coefficient (Wildman–Crippen LogP) is 1.71. The van der Waals surface area contributed by atoms with Crippen LogP contribution in [0.1, 0.15) is 25.7 Å². The number of hydrogen-bond acceptors (Lipinski definition) is 1. The first-order valence-corrected chi connectivity index (χ1v) is 4.25. The Morgan fingerprint density at radius 2 is 2.18 bits per heavy atom. The van der Waals surface area contributed by atoms with Crippen molar-refractivity contribution >= 4 is 0 Å². The van der Waals surface area contributed by atoms with Crippen molar-refractivity contribution in [1.29, 1.82) is 0 Å². The van der Waals surface area contributed by atoms with Crippen LogP contribution in [0.5, 0.6) is 0 Å². The van der Waals surface area contributed by atoms with Crippen molar-refractivity contribution in [3.05, 3.63) is 11.6 Å². The molecule has 1 aliphatic heterocycles. The Bertz CT molecular complexity index is 166. The van der Waals surface area contributed by atoms with Gasteiger partial charge >= 0.3 is 0 Å². The molecule has 0 aromatic rings. The maximum absolute atomic E-state index is 5.15. The normalized spacial score (nSPS) is 17.5. The molecule has 1 aliphatic rings. The molecule has 0 saturated carbocycles. The van der Waals surface area contributed by atoms with E-state index in [1.807, 2.05) is 0 Å². The second kappa shape index (κ2) is 4.98. The van der Waals surface area contributed by atoms with Crippen LogP contribution in [0.15, 0.2) is 11.6 Å². The van der Waals surface area contributed by atoms with Crippen molar-refractivity contribution in [3.8, 4) is 12.3 Å². The summed E-state index contributed by atoms with van der Waals surface area (Å²) in [4.78, 5) is 0. The van der Waals surface area contributed by atoms with E-state index in [-0.39, 0.29) is 0 Å². The fourth-order valence-electron chi connectivity index (χ4n) is 1.31. The minimum Gasteiger partial charge on any atom is -0.316 e. The van der Waals surface area contributed by atoms with Gasteiger partial charge in [-0.05, 0) is 32.4 Å². The summed E-state index contributed by atoms with van der Waals surface area (Å²) in [5.74, 6) is 2.65. The molecule has 0 aromatic carbocycles. The Balaban J connectivity index is 2.22. The lowest BCUT2D eigenvalue weighted by Crippen LogP contribution is -2.22. The van der Waals surface area contributed by atoms with Crippen LogP contribution in [0, 0.1) is 12.3 Å². The molecule has 0 aromatic heterocycles. The topological polar surface area (TPSA) is 12.0 Å².